The lowest BCUT2D eigenvalue weighted by Crippen LogP contribution is -1.82. The molecule has 5 heteroatoms. The third-order valence-corrected chi connectivity index (χ3v) is 2.71. The van der Waals surface area contributed by atoms with Crippen LogP contribution in [0.15, 0.2) is 4.47 Å². The summed E-state index contributed by atoms with van der Waals surface area (Å²) in [7, 11) is 3.16. The minimum atomic E-state index is 0.571. The Hall–Kier alpha value is -0.290. The highest BCUT2D eigenvalue weighted by Crippen LogP contribution is 2.36. The normalized spacial score (nSPS) is 9.50. The Morgan fingerprint density at radius 2 is 2.10 bits per heavy atom. The molecular weight excluding hydrogens is 218 g/mol. The van der Waals surface area contributed by atoms with Gasteiger partial charge in [0, 0.05) is 11.5 Å². The molecule has 0 radical (unpaired) electrons. The molecule has 0 atom stereocenters. The smallest absolute Gasteiger partial charge is 0.243 e. The van der Waals surface area contributed by atoms with Crippen LogP contribution in [0.3, 0.4) is 0 Å². The molecule has 0 bridgehead atoms. The molecule has 0 saturated heterocycles. The number of ether oxygens (including phenoxy) is 2. The molecule has 0 spiro atoms. The highest BCUT2D eigenvalue weighted by molar-refractivity contribution is 9.10. The first-order valence-corrected chi connectivity index (χ1v) is 4.09. The van der Waals surface area contributed by atoms with Crippen LogP contribution in [-0.2, 0) is 0 Å². The maximum absolute atomic E-state index is 4.96. The number of aromatic nitrogens is 1. The molecule has 0 aliphatic carbocycles. The van der Waals surface area contributed by atoms with Crippen molar-refractivity contribution in [2.45, 2.75) is 0 Å². The van der Waals surface area contributed by atoms with Gasteiger partial charge in [-0.2, -0.15) is 4.37 Å². The van der Waals surface area contributed by atoms with E-state index in [1.54, 1.807) is 14.2 Å². The first kappa shape index (κ1) is 7.81. The largest absolute Gasteiger partial charge is 0.485 e. The number of hydrogen-bond donors (Lipinski definition) is 0. The van der Waals surface area contributed by atoms with E-state index in [1.165, 1.54) is 11.5 Å². The molecule has 0 unspecified atom stereocenters. The van der Waals surface area contributed by atoms with Crippen molar-refractivity contribution >= 4 is 27.5 Å². The summed E-state index contributed by atoms with van der Waals surface area (Å²) in [6.45, 7) is 0. The van der Waals surface area contributed by atoms with Gasteiger partial charge in [-0.25, -0.2) is 0 Å². The van der Waals surface area contributed by atoms with Gasteiger partial charge in [0.05, 0.1) is 14.2 Å². The van der Waals surface area contributed by atoms with E-state index in [0.717, 1.165) is 9.54 Å². The topological polar surface area (TPSA) is 31.4 Å². The van der Waals surface area contributed by atoms with Crippen LogP contribution in [0.4, 0.5) is 0 Å². The second kappa shape index (κ2) is 3.21. The number of methoxy groups -OCH3 is 2. The van der Waals surface area contributed by atoms with E-state index in [0.29, 0.717) is 5.88 Å². The Kier molecular flexibility index (Phi) is 2.50. The molecule has 1 rings (SSSR count). The van der Waals surface area contributed by atoms with E-state index in [2.05, 4.69) is 20.3 Å². The zero-order valence-electron chi connectivity index (χ0n) is 5.55. The first-order valence-electron chi connectivity index (χ1n) is 2.52. The predicted octanol–water partition coefficient (Wildman–Crippen LogP) is 1.92. The van der Waals surface area contributed by atoms with Crippen LogP contribution in [0.1, 0.15) is 0 Å². The van der Waals surface area contributed by atoms with Crippen LogP contribution in [-0.4, -0.2) is 18.6 Å². The van der Waals surface area contributed by atoms with Gasteiger partial charge in [-0.05, 0) is 15.9 Å². The lowest BCUT2D eigenvalue weighted by Gasteiger charge is -1.93. The fourth-order valence-electron chi connectivity index (χ4n) is 0.504. The molecule has 0 aliphatic heterocycles. The van der Waals surface area contributed by atoms with Crippen LogP contribution in [0, 0.1) is 0 Å². The number of nitrogens with zero attached hydrogens (tertiary/aromatic N) is 1. The summed E-state index contributed by atoms with van der Waals surface area (Å²) in [5.41, 5.74) is 0. The van der Waals surface area contributed by atoms with Gasteiger partial charge < -0.3 is 9.47 Å². The zero-order chi connectivity index (χ0) is 7.56. The molecule has 10 heavy (non-hydrogen) atoms. The first-order chi connectivity index (χ1) is 4.79. The Balaban J connectivity index is 2.97. The molecule has 3 nitrogen and oxygen atoms in total. The van der Waals surface area contributed by atoms with E-state index in [9.17, 15) is 0 Å². The zero-order valence-corrected chi connectivity index (χ0v) is 7.95. The summed E-state index contributed by atoms with van der Waals surface area (Å²) in [4.78, 5) is 0. The van der Waals surface area contributed by atoms with E-state index >= 15 is 0 Å². The minimum Gasteiger partial charge on any atom is -0.485 e. The monoisotopic (exact) mass is 223 g/mol. The van der Waals surface area contributed by atoms with Crippen LogP contribution < -0.4 is 9.47 Å². The van der Waals surface area contributed by atoms with Gasteiger partial charge in [-0.1, -0.05) is 0 Å². The minimum absolute atomic E-state index is 0.571. The van der Waals surface area contributed by atoms with Gasteiger partial charge in [0.1, 0.15) is 4.47 Å². The van der Waals surface area contributed by atoms with Crippen LogP contribution in [0.25, 0.3) is 0 Å². The Morgan fingerprint density at radius 3 is 2.40 bits per heavy atom. The van der Waals surface area contributed by atoms with Gasteiger partial charge in [0.15, 0.2) is 0 Å². The van der Waals surface area contributed by atoms with Crippen molar-refractivity contribution in [3.63, 3.8) is 0 Å². The summed E-state index contributed by atoms with van der Waals surface area (Å²) in [6.07, 6.45) is 0. The standard InChI is InChI=1S/C5H6BrNO2S/c1-8-4-3(6)5(9-2)10-7-4/h1-2H3. The average molecular weight is 224 g/mol. The molecule has 1 aromatic heterocycles. The molecule has 0 N–H and O–H groups in total. The molecule has 56 valence electrons. The number of halogens is 1. The molecule has 1 heterocycles. The van der Waals surface area contributed by atoms with Crippen molar-refractivity contribution in [3.8, 4) is 10.9 Å². The quantitative estimate of drug-likeness (QED) is 0.768. The van der Waals surface area contributed by atoms with Crippen LogP contribution in [0.2, 0.25) is 0 Å². The Labute approximate surface area is 71.3 Å². The maximum Gasteiger partial charge on any atom is 0.243 e. The molecule has 0 aromatic carbocycles. The SMILES string of the molecule is COc1nsc(OC)c1Br. The summed E-state index contributed by atoms with van der Waals surface area (Å²) < 4.78 is 14.6. The number of hydrogen-bond acceptors (Lipinski definition) is 4. The van der Waals surface area contributed by atoms with Gasteiger partial charge in [-0.15, -0.1) is 0 Å². The van der Waals surface area contributed by atoms with Crippen LogP contribution >= 0.6 is 27.5 Å². The Morgan fingerprint density at radius 1 is 1.40 bits per heavy atom. The predicted molar refractivity (Wildman–Crippen MR) is 42.9 cm³/mol. The Bertz CT molecular complexity index is 204. The average Bonchev–Trinajstić information content (AvgIpc) is 2.30. The van der Waals surface area contributed by atoms with Gasteiger partial charge in [-0.3, -0.25) is 0 Å². The van der Waals surface area contributed by atoms with Crippen molar-refractivity contribution in [1.82, 2.24) is 4.37 Å². The molecule has 1 aromatic rings. The molecule has 0 amide bonds. The third-order valence-electron chi connectivity index (χ3n) is 0.957. The van der Waals surface area contributed by atoms with Crippen molar-refractivity contribution in [2.24, 2.45) is 0 Å². The van der Waals surface area contributed by atoms with Gasteiger partial charge in [0.25, 0.3) is 0 Å². The highest BCUT2D eigenvalue weighted by Gasteiger charge is 2.10. The summed E-state index contributed by atoms with van der Waals surface area (Å²) in [5, 5.41) is 0.733. The highest BCUT2D eigenvalue weighted by atomic mass is 79.9. The van der Waals surface area contributed by atoms with E-state index in [-0.39, 0.29) is 0 Å². The fourth-order valence-corrected chi connectivity index (χ4v) is 1.82. The summed E-state index contributed by atoms with van der Waals surface area (Å²) in [6, 6.07) is 0. The van der Waals surface area contributed by atoms with E-state index in [4.69, 9.17) is 9.47 Å². The number of rotatable bonds is 2. The molecule has 0 fully saturated rings. The maximum atomic E-state index is 4.96. The molecular formula is C5H6BrNO2S. The lowest BCUT2D eigenvalue weighted by molar-refractivity contribution is 0.391. The van der Waals surface area contributed by atoms with Crippen molar-refractivity contribution in [2.75, 3.05) is 14.2 Å². The van der Waals surface area contributed by atoms with E-state index < -0.39 is 0 Å². The van der Waals surface area contributed by atoms with Crippen LogP contribution in [0.5, 0.6) is 10.9 Å². The van der Waals surface area contributed by atoms with Crippen molar-refractivity contribution in [3.05, 3.63) is 4.47 Å². The van der Waals surface area contributed by atoms with Crippen molar-refractivity contribution < 1.29 is 9.47 Å². The second-order valence-corrected chi connectivity index (χ2v) is 3.03. The second-order valence-electron chi connectivity index (χ2n) is 1.50. The van der Waals surface area contributed by atoms with Crippen molar-refractivity contribution in [1.29, 1.82) is 0 Å². The molecule has 0 saturated carbocycles. The lowest BCUT2D eigenvalue weighted by atomic mass is 10.7. The summed E-state index contributed by atoms with van der Waals surface area (Å²) >= 11 is 4.53. The fraction of sp³-hybridized carbons (Fsp3) is 0.400. The van der Waals surface area contributed by atoms with E-state index in [1.807, 2.05) is 0 Å². The molecule has 0 aliphatic rings. The van der Waals surface area contributed by atoms with Gasteiger partial charge >= 0.3 is 0 Å². The van der Waals surface area contributed by atoms with Gasteiger partial charge in [0.2, 0.25) is 10.9 Å². The summed E-state index contributed by atoms with van der Waals surface area (Å²) in [5.74, 6) is 0.571. The third kappa shape index (κ3) is 1.24.